The van der Waals surface area contributed by atoms with Crippen molar-refractivity contribution in [1.82, 2.24) is 0 Å². The van der Waals surface area contributed by atoms with Gasteiger partial charge in [-0.3, -0.25) is 9.59 Å². The van der Waals surface area contributed by atoms with Crippen molar-refractivity contribution < 1.29 is 19.4 Å². The van der Waals surface area contributed by atoms with Crippen molar-refractivity contribution in [2.45, 2.75) is 25.2 Å². The Kier molecular flexibility index (Phi) is 7.53. The lowest BCUT2D eigenvalue weighted by Gasteiger charge is -2.09. The van der Waals surface area contributed by atoms with Crippen molar-refractivity contribution in [3.05, 3.63) is 54.1 Å². The van der Waals surface area contributed by atoms with Crippen LogP contribution in [0.4, 0.5) is 5.69 Å². The van der Waals surface area contributed by atoms with Gasteiger partial charge in [-0.15, -0.1) is 11.8 Å². The van der Waals surface area contributed by atoms with Gasteiger partial charge in [0.25, 0.3) is 0 Å². The summed E-state index contributed by atoms with van der Waals surface area (Å²) in [6.45, 7) is 4.24. The summed E-state index contributed by atoms with van der Waals surface area (Å²) in [5, 5.41) is 11.8. The molecule has 5 nitrogen and oxygen atoms in total. The van der Waals surface area contributed by atoms with Crippen LogP contribution in [0.1, 0.15) is 19.4 Å². The smallest absolute Gasteiger partial charge is 0.306 e. The van der Waals surface area contributed by atoms with E-state index in [9.17, 15) is 9.59 Å². The topological polar surface area (TPSA) is 75.6 Å². The van der Waals surface area contributed by atoms with Crippen LogP contribution in [0.25, 0.3) is 0 Å². The second-order valence-corrected chi connectivity index (χ2v) is 6.93. The molecule has 2 rings (SSSR count). The summed E-state index contributed by atoms with van der Waals surface area (Å²) in [6.07, 6.45) is 0.469. The van der Waals surface area contributed by atoms with E-state index in [1.54, 1.807) is 19.1 Å². The summed E-state index contributed by atoms with van der Waals surface area (Å²) in [4.78, 5) is 24.0. The summed E-state index contributed by atoms with van der Waals surface area (Å²) in [5.41, 5.74) is 1.63. The lowest BCUT2D eigenvalue weighted by atomic mass is 10.0. The molecule has 0 bridgehead atoms. The lowest BCUT2D eigenvalue weighted by Crippen LogP contribution is -2.14. The molecule has 0 aromatic heterocycles. The van der Waals surface area contributed by atoms with Gasteiger partial charge in [-0.25, -0.2) is 0 Å². The van der Waals surface area contributed by atoms with Crippen molar-refractivity contribution in [3.63, 3.8) is 0 Å². The SMILES string of the molecule is CCOc1ccc(SCC(=O)Nc2ccc(CC(C)C(=O)O)cc2)cc1. The zero-order valence-corrected chi connectivity index (χ0v) is 15.7. The predicted octanol–water partition coefficient (Wildman–Crippen LogP) is 4.08. The molecule has 0 aliphatic rings. The number of ether oxygens (including phenoxy) is 1. The molecule has 0 aliphatic carbocycles. The number of rotatable bonds is 9. The van der Waals surface area contributed by atoms with E-state index < -0.39 is 11.9 Å². The van der Waals surface area contributed by atoms with Crippen molar-refractivity contribution in [2.24, 2.45) is 5.92 Å². The number of aliphatic carboxylic acids is 1. The van der Waals surface area contributed by atoms with Crippen molar-refractivity contribution in [3.8, 4) is 5.75 Å². The summed E-state index contributed by atoms with van der Waals surface area (Å²) in [5.74, 6) is -0.199. The maximum absolute atomic E-state index is 12.1. The van der Waals surface area contributed by atoms with Crippen LogP contribution in [-0.2, 0) is 16.0 Å². The highest BCUT2D eigenvalue weighted by atomic mass is 32.2. The number of hydrogen-bond acceptors (Lipinski definition) is 4. The predicted molar refractivity (Wildman–Crippen MR) is 104 cm³/mol. The maximum atomic E-state index is 12.1. The third-order valence-corrected chi connectivity index (χ3v) is 4.72. The van der Waals surface area contributed by atoms with Gasteiger partial charge < -0.3 is 15.2 Å². The highest BCUT2D eigenvalue weighted by molar-refractivity contribution is 8.00. The van der Waals surface area contributed by atoms with E-state index in [4.69, 9.17) is 9.84 Å². The lowest BCUT2D eigenvalue weighted by molar-refractivity contribution is -0.141. The van der Waals surface area contributed by atoms with Gasteiger partial charge in [0.1, 0.15) is 5.75 Å². The molecule has 0 saturated carbocycles. The van der Waals surface area contributed by atoms with Crippen molar-refractivity contribution >= 4 is 29.3 Å². The number of carbonyl (C=O) groups is 2. The van der Waals surface area contributed by atoms with Gasteiger partial charge >= 0.3 is 5.97 Å². The van der Waals surface area contributed by atoms with E-state index in [0.29, 0.717) is 24.5 Å². The summed E-state index contributed by atoms with van der Waals surface area (Å²) >= 11 is 1.46. The molecule has 138 valence electrons. The Morgan fingerprint density at radius 1 is 1.12 bits per heavy atom. The van der Waals surface area contributed by atoms with Gasteiger partial charge in [0, 0.05) is 10.6 Å². The molecule has 1 unspecified atom stereocenters. The molecule has 26 heavy (non-hydrogen) atoms. The van der Waals surface area contributed by atoms with Gasteiger partial charge in [0.15, 0.2) is 0 Å². The van der Waals surface area contributed by atoms with E-state index in [2.05, 4.69) is 5.32 Å². The quantitative estimate of drug-likeness (QED) is 0.648. The van der Waals surface area contributed by atoms with Crippen LogP contribution in [0.15, 0.2) is 53.4 Å². The summed E-state index contributed by atoms with van der Waals surface area (Å²) in [6, 6.07) is 14.9. The minimum Gasteiger partial charge on any atom is -0.494 e. The van der Waals surface area contributed by atoms with Crippen molar-refractivity contribution in [1.29, 1.82) is 0 Å². The highest BCUT2D eigenvalue weighted by Crippen LogP contribution is 2.22. The van der Waals surface area contributed by atoms with Crippen LogP contribution in [0.2, 0.25) is 0 Å². The fourth-order valence-electron chi connectivity index (χ4n) is 2.31. The molecule has 0 fully saturated rings. The zero-order valence-electron chi connectivity index (χ0n) is 14.9. The Morgan fingerprint density at radius 3 is 2.35 bits per heavy atom. The first kappa shape index (κ1) is 19.8. The second-order valence-electron chi connectivity index (χ2n) is 5.88. The van der Waals surface area contributed by atoms with E-state index in [0.717, 1.165) is 16.2 Å². The first-order chi connectivity index (χ1) is 12.5. The molecule has 0 radical (unpaired) electrons. The van der Waals surface area contributed by atoms with Crippen LogP contribution in [0.3, 0.4) is 0 Å². The van der Waals surface area contributed by atoms with Crippen LogP contribution < -0.4 is 10.1 Å². The van der Waals surface area contributed by atoms with Crippen LogP contribution >= 0.6 is 11.8 Å². The number of anilines is 1. The molecule has 6 heteroatoms. The fraction of sp³-hybridized carbons (Fsp3) is 0.300. The number of carboxylic acids is 1. The average molecular weight is 373 g/mol. The van der Waals surface area contributed by atoms with Crippen LogP contribution in [0, 0.1) is 5.92 Å². The zero-order chi connectivity index (χ0) is 18.9. The summed E-state index contributed by atoms with van der Waals surface area (Å²) < 4.78 is 5.39. The fourth-order valence-corrected chi connectivity index (χ4v) is 3.01. The molecule has 0 aliphatic heterocycles. The Bertz CT molecular complexity index is 728. The van der Waals surface area contributed by atoms with Crippen molar-refractivity contribution in [2.75, 3.05) is 17.7 Å². The molecule has 0 heterocycles. The maximum Gasteiger partial charge on any atom is 0.306 e. The van der Waals surface area contributed by atoms with Crippen LogP contribution in [-0.4, -0.2) is 29.3 Å². The number of nitrogens with one attached hydrogen (secondary N) is 1. The van der Waals surface area contributed by atoms with Gasteiger partial charge in [0.2, 0.25) is 5.91 Å². The Balaban J connectivity index is 1.81. The van der Waals surface area contributed by atoms with Gasteiger partial charge in [-0.1, -0.05) is 19.1 Å². The molecular weight excluding hydrogens is 350 g/mol. The third kappa shape index (κ3) is 6.44. The average Bonchev–Trinajstić information content (AvgIpc) is 2.63. The first-order valence-electron chi connectivity index (χ1n) is 8.45. The van der Waals surface area contributed by atoms with Gasteiger partial charge in [-0.2, -0.15) is 0 Å². The normalized spacial score (nSPS) is 11.6. The molecule has 2 aromatic carbocycles. The number of thioether (sulfide) groups is 1. The Morgan fingerprint density at radius 2 is 1.77 bits per heavy atom. The van der Waals surface area contributed by atoms with E-state index in [1.807, 2.05) is 43.3 Å². The van der Waals surface area contributed by atoms with E-state index >= 15 is 0 Å². The monoisotopic (exact) mass is 373 g/mol. The van der Waals surface area contributed by atoms with Crippen LogP contribution in [0.5, 0.6) is 5.75 Å². The second kappa shape index (κ2) is 9.87. The highest BCUT2D eigenvalue weighted by Gasteiger charge is 2.11. The number of benzene rings is 2. The standard InChI is InChI=1S/C20H23NO4S/c1-3-25-17-8-10-18(11-9-17)26-13-19(22)21-16-6-4-15(5-7-16)12-14(2)20(23)24/h4-11,14H,3,12-13H2,1-2H3,(H,21,22)(H,23,24). The minimum atomic E-state index is -0.811. The molecule has 1 atom stereocenters. The number of hydrogen-bond donors (Lipinski definition) is 2. The molecule has 2 aromatic rings. The minimum absolute atomic E-state index is 0.0875. The number of carboxylic acid groups (broad SMARTS) is 1. The Labute approximate surface area is 157 Å². The van der Waals surface area contributed by atoms with E-state index in [-0.39, 0.29) is 5.91 Å². The first-order valence-corrected chi connectivity index (χ1v) is 9.43. The molecule has 0 spiro atoms. The Hall–Kier alpha value is -2.47. The largest absolute Gasteiger partial charge is 0.494 e. The molecular formula is C20H23NO4S. The molecule has 0 saturated heterocycles. The van der Waals surface area contributed by atoms with Gasteiger partial charge in [0.05, 0.1) is 18.3 Å². The van der Waals surface area contributed by atoms with E-state index in [1.165, 1.54) is 11.8 Å². The summed E-state index contributed by atoms with van der Waals surface area (Å²) in [7, 11) is 0. The molecule has 1 amide bonds. The number of amides is 1. The van der Waals surface area contributed by atoms with Gasteiger partial charge in [-0.05, 0) is 55.3 Å². The molecule has 2 N–H and O–H groups in total. The number of carbonyl (C=O) groups excluding carboxylic acids is 1. The third-order valence-electron chi connectivity index (χ3n) is 3.71.